The number of carboxylic acids is 1. The SMILES string of the molecule is N#Cc1cc(CNCC(=O)O)ccc1F. The van der Waals surface area contributed by atoms with Crippen LogP contribution in [0.25, 0.3) is 0 Å². The molecule has 0 heterocycles. The highest BCUT2D eigenvalue weighted by Gasteiger charge is 2.02. The Morgan fingerprint density at radius 2 is 2.33 bits per heavy atom. The molecule has 0 bridgehead atoms. The summed E-state index contributed by atoms with van der Waals surface area (Å²) < 4.78 is 12.9. The highest BCUT2D eigenvalue weighted by molar-refractivity contribution is 5.68. The molecule has 0 aliphatic carbocycles. The summed E-state index contributed by atoms with van der Waals surface area (Å²) in [4.78, 5) is 10.2. The molecule has 1 aromatic carbocycles. The number of hydrogen-bond donors (Lipinski definition) is 2. The Morgan fingerprint density at radius 3 is 2.93 bits per heavy atom. The number of benzene rings is 1. The van der Waals surface area contributed by atoms with E-state index in [1.54, 1.807) is 6.07 Å². The van der Waals surface area contributed by atoms with Crippen LogP contribution in [0.15, 0.2) is 18.2 Å². The molecule has 0 aliphatic heterocycles. The van der Waals surface area contributed by atoms with Gasteiger partial charge in [0.1, 0.15) is 11.9 Å². The Morgan fingerprint density at radius 1 is 1.60 bits per heavy atom. The van der Waals surface area contributed by atoms with Gasteiger partial charge < -0.3 is 10.4 Å². The van der Waals surface area contributed by atoms with Gasteiger partial charge in [0.15, 0.2) is 0 Å². The largest absolute Gasteiger partial charge is 0.480 e. The maximum atomic E-state index is 12.9. The molecule has 78 valence electrons. The lowest BCUT2D eigenvalue weighted by atomic mass is 10.1. The molecule has 0 atom stereocenters. The van der Waals surface area contributed by atoms with Crippen molar-refractivity contribution in [1.82, 2.24) is 5.32 Å². The lowest BCUT2D eigenvalue weighted by Gasteiger charge is -2.02. The molecule has 0 spiro atoms. The fourth-order valence-electron chi connectivity index (χ4n) is 1.08. The molecule has 15 heavy (non-hydrogen) atoms. The topological polar surface area (TPSA) is 73.1 Å². The molecule has 5 heteroatoms. The van der Waals surface area contributed by atoms with E-state index in [2.05, 4.69) is 5.32 Å². The maximum Gasteiger partial charge on any atom is 0.317 e. The highest BCUT2D eigenvalue weighted by Crippen LogP contribution is 2.08. The van der Waals surface area contributed by atoms with E-state index < -0.39 is 11.8 Å². The monoisotopic (exact) mass is 208 g/mol. The van der Waals surface area contributed by atoms with E-state index in [0.29, 0.717) is 12.1 Å². The Hall–Kier alpha value is -1.93. The second-order valence-electron chi connectivity index (χ2n) is 2.92. The van der Waals surface area contributed by atoms with Crippen molar-refractivity contribution < 1.29 is 14.3 Å². The van der Waals surface area contributed by atoms with E-state index >= 15 is 0 Å². The van der Waals surface area contributed by atoms with E-state index in [0.717, 1.165) is 0 Å². The first-order chi connectivity index (χ1) is 7.13. The van der Waals surface area contributed by atoms with Crippen LogP contribution in [0.1, 0.15) is 11.1 Å². The maximum absolute atomic E-state index is 12.9. The molecular formula is C10H9FN2O2. The molecule has 1 rings (SSSR count). The molecule has 0 unspecified atom stereocenters. The van der Waals surface area contributed by atoms with Gasteiger partial charge in [-0.15, -0.1) is 0 Å². The molecule has 0 amide bonds. The zero-order valence-corrected chi connectivity index (χ0v) is 7.83. The lowest BCUT2D eigenvalue weighted by Crippen LogP contribution is -2.21. The van der Waals surface area contributed by atoms with Crippen molar-refractivity contribution in [1.29, 1.82) is 5.26 Å². The van der Waals surface area contributed by atoms with E-state index in [1.165, 1.54) is 18.2 Å². The van der Waals surface area contributed by atoms with Crippen molar-refractivity contribution in [2.75, 3.05) is 6.54 Å². The summed E-state index contributed by atoms with van der Waals surface area (Å²) in [6, 6.07) is 5.80. The third-order valence-electron chi connectivity index (χ3n) is 1.76. The van der Waals surface area contributed by atoms with Crippen LogP contribution in [0.5, 0.6) is 0 Å². The van der Waals surface area contributed by atoms with Gasteiger partial charge in [0, 0.05) is 6.54 Å². The fourth-order valence-corrected chi connectivity index (χ4v) is 1.08. The summed E-state index contributed by atoms with van der Waals surface area (Å²) >= 11 is 0. The van der Waals surface area contributed by atoms with Crippen molar-refractivity contribution in [3.05, 3.63) is 35.1 Å². The van der Waals surface area contributed by atoms with Crippen LogP contribution >= 0.6 is 0 Å². The second kappa shape index (κ2) is 5.08. The number of carbonyl (C=O) groups is 1. The lowest BCUT2D eigenvalue weighted by molar-refractivity contribution is -0.135. The fraction of sp³-hybridized carbons (Fsp3) is 0.200. The van der Waals surface area contributed by atoms with Gasteiger partial charge in [0.25, 0.3) is 0 Å². The molecule has 0 aromatic heterocycles. The minimum Gasteiger partial charge on any atom is -0.480 e. The Kier molecular flexibility index (Phi) is 3.77. The quantitative estimate of drug-likeness (QED) is 0.770. The van der Waals surface area contributed by atoms with E-state index in [1.807, 2.05) is 0 Å². The standard InChI is InChI=1S/C10H9FN2O2/c11-9-2-1-7(3-8(9)4-12)5-13-6-10(14)15/h1-3,13H,5-6H2,(H,14,15). The molecule has 2 N–H and O–H groups in total. The van der Waals surface area contributed by atoms with E-state index in [9.17, 15) is 9.18 Å². The van der Waals surface area contributed by atoms with Crippen LogP contribution in [0.4, 0.5) is 4.39 Å². The van der Waals surface area contributed by atoms with Crippen LogP contribution in [0.2, 0.25) is 0 Å². The molecule has 0 aliphatic rings. The number of nitrogens with one attached hydrogen (secondary N) is 1. The van der Waals surface area contributed by atoms with Gasteiger partial charge in [-0.2, -0.15) is 5.26 Å². The second-order valence-corrected chi connectivity index (χ2v) is 2.92. The first-order valence-corrected chi connectivity index (χ1v) is 4.24. The molecule has 1 aromatic rings. The van der Waals surface area contributed by atoms with Gasteiger partial charge >= 0.3 is 5.97 Å². The number of rotatable bonds is 4. The minimum atomic E-state index is -0.961. The van der Waals surface area contributed by atoms with Gasteiger partial charge in [-0.05, 0) is 17.7 Å². The average molecular weight is 208 g/mol. The summed E-state index contributed by atoms with van der Waals surface area (Å²) in [6.45, 7) is 0.126. The normalized spacial score (nSPS) is 9.60. The third-order valence-corrected chi connectivity index (χ3v) is 1.76. The first-order valence-electron chi connectivity index (χ1n) is 4.24. The Balaban J connectivity index is 2.63. The van der Waals surface area contributed by atoms with Crippen LogP contribution in [0, 0.1) is 17.1 Å². The summed E-state index contributed by atoms with van der Waals surface area (Å²) in [5, 5.41) is 19.6. The van der Waals surface area contributed by atoms with Crippen molar-refractivity contribution in [2.24, 2.45) is 0 Å². The highest BCUT2D eigenvalue weighted by atomic mass is 19.1. The van der Waals surface area contributed by atoms with Crippen molar-refractivity contribution in [3.63, 3.8) is 0 Å². The van der Waals surface area contributed by atoms with Crippen molar-refractivity contribution in [2.45, 2.75) is 6.54 Å². The van der Waals surface area contributed by atoms with E-state index in [-0.39, 0.29) is 12.1 Å². The number of hydrogen-bond acceptors (Lipinski definition) is 3. The number of aliphatic carboxylic acids is 1. The zero-order valence-electron chi connectivity index (χ0n) is 7.83. The summed E-state index contributed by atoms with van der Waals surface area (Å²) in [5.74, 6) is -1.53. The number of nitriles is 1. The van der Waals surface area contributed by atoms with Crippen molar-refractivity contribution in [3.8, 4) is 6.07 Å². The number of nitrogens with zero attached hydrogens (tertiary/aromatic N) is 1. The van der Waals surface area contributed by atoms with Gasteiger partial charge in [-0.3, -0.25) is 4.79 Å². The van der Waals surface area contributed by atoms with Crippen LogP contribution in [-0.4, -0.2) is 17.6 Å². The molecule has 0 saturated carbocycles. The smallest absolute Gasteiger partial charge is 0.317 e. The van der Waals surface area contributed by atoms with Crippen molar-refractivity contribution >= 4 is 5.97 Å². The number of halogens is 1. The van der Waals surface area contributed by atoms with E-state index in [4.69, 9.17) is 10.4 Å². The third kappa shape index (κ3) is 3.37. The average Bonchev–Trinajstić information content (AvgIpc) is 2.20. The summed E-state index contributed by atoms with van der Waals surface area (Å²) in [7, 11) is 0. The zero-order chi connectivity index (χ0) is 11.3. The molecular weight excluding hydrogens is 199 g/mol. The number of carboxylic acid groups (broad SMARTS) is 1. The minimum absolute atomic E-state index is 0.0374. The van der Waals surface area contributed by atoms with Crippen LogP contribution in [0.3, 0.4) is 0 Å². The molecule has 0 radical (unpaired) electrons. The summed E-state index contributed by atoms with van der Waals surface area (Å²) in [6.07, 6.45) is 0. The van der Waals surface area contributed by atoms with Crippen LogP contribution < -0.4 is 5.32 Å². The van der Waals surface area contributed by atoms with Gasteiger partial charge in [-0.1, -0.05) is 6.07 Å². The molecule has 4 nitrogen and oxygen atoms in total. The summed E-state index contributed by atoms with van der Waals surface area (Å²) in [5.41, 5.74) is 0.638. The Bertz CT molecular complexity index is 412. The predicted molar refractivity (Wildman–Crippen MR) is 50.5 cm³/mol. The Labute approximate surface area is 86.0 Å². The molecule has 0 saturated heterocycles. The first kappa shape index (κ1) is 11.1. The van der Waals surface area contributed by atoms with Gasteiger partial charge in [0.05, 0.1) is 12.1 Å². The van der Waals surface area contributed by atoms with Gasteiger partial charge in [0.2, 0.25) is 0 Å². The van der Waals surface area contributed by atoms with Crippen LogP contribution in [-0.2, 0) is 11.3 Å². The van der Waals surface area contributed by atoms with Gasteiger partial charge in [-0.25, -0.2) is 4.39 Å². The predicted octanol–water partition coefficient (Wildman–Crippen LogP) is 0.872. The molecule has 0 fully saturated rings.